The molecule has 2 N–H and O–H groups in total. The minimum atomic E-state index is -4.29. The largest absolute Gasteiger partial charge is 0.671 e. The molecule has 1 unspecified atom stereocenters. The van der Waals surface area contributed by atoms with Gasteiger partial charge in [-0.15, -0.1) is 6.04 Å². The van der Waals surface area contributed by atoms with Gasteiger partial charge in [0.15, 0.2) is 0 Å². The fraction of sp³-hybridized carbons (Fsp3) is 0.600. The third-order valence-corrected chi connectivity index (χ3v) is 3.36. The lowest BCUT2D eigenvalue weighted by Crippen LogP contribution is -2.16. The van der Waals surface area contributed by atoms with Crippen molar-refractivity contribution in [2.24, 2.45) is 0 Å². The monoisotopic (exact) mass is 287 g/mol. The summed E-state index contributed by atoms with van der Waals surface area (Å²) in [5.74, 6) is 0. The summed E-state index contributed by atoms with van der Waals surface area (Å²) in [7, 11) is 0. The zero-order valence-electron chi connectivity index (χ0n) is 11.9. The normalized spacial score (nSPS) is 20.2. The van der Waals surface area contributed by atoms with Crippen LogP contribution in [0.1, 0.15) is 50.3 Å². The van der Waals surface area contributed by atoms with Gasteiger partial charge in [0.05, 0.1) is 5.56 Å². The van der Waals surface area contributed by atoms with Crippen LogP contribution in [-0.4, -0.2) is 12.6 Å². The molecule has 1 aromatic carbocycles. The SMILES string of the molecule is CC1CCCN1.CC[C@@H]([NH-])c1ccc(C(F)(F)F)cc1. The molecule has 1 aliphatic heterocycles. The van der Waals surface area contributed by atoms with Crippen molar-refractivity contribution in [1.82, 2.24) is 5.32 Å². The Morgan fingerprint density at radius 1 is 1.30 bits per heavy atom. The van der Waals surface area contributed by atoms with Gasteiger partial charge in [-0.25, -0.2) is 0 Å². The first-order valence-corrected chi connectivity index (χ1v) is 6.96. The fourth-order valence-electron chi connectivity index (χ4n) is 2.00. The predicted octanol–water partition coefficient (Wildman–Crippen LogP) is 4.97. The Balaban J connectivity index is 0.000000276. The van der Waals surface area contributed by atoms with E-state index in [1.165, 1.54) is 31.5 Å². The minimum Gasteiger partial charge on any atom is -0.671 e. The van der Waals surface area contributed by atoms with Crippen LogP contribution in [0, 0.1) is 0 Å². The molecule has 114 valence electrons. The minimum absolute atomic E-state index is 0.433. The molecule has 1 heterocycles. The van der Waals surface area contributed by atoms with Gasteiger partial charge >= 0.3 is 6.18 Å². The Morgan fingerprint density at radius 3 is 2.20 bits per heavy atom. The molecule has 0 aliphatic carbocycles. The van der Waals surface area contributed by atoms with Crippen molar-refractivity contribution in [3.05, 3.63) is 41.1 Å². The number of hydrogen-bond donors (Lipinski definition) is 1. The Bertz CT molecular complexity index is 381. The highest BCUT2D eigenvalue weighted by Gasteiger charge is 2.29. The van der Waals surface area contributed by atoms with E-state index in [1.807, 2.05) is 6.92 Å². The topological polar surface area (TPSA) is 35.8 Å². The molecular weight excluding hydrogens is 265 g/mol. The van der Waals surface area contributed by atoms with E-state index in [9.17, 15) is 13.2 Å². The predicted molar refractivity (Wildman–Crippen MR) is 75.5 cm³/mol. The van der Waals surface area contributed by atoms with E-state index < -0.39 is 17.8 Å². The Morgan fingerprint density at radius 2 is 1.90 bits per heavy atom. The first-order valence-electron chi connectivity index (χ1n) is 6.96. The highest BCUT2D eigenvalue weighted by molar-refractivity contribution is 5.27. The Labute approximate surface area is 118 Å². The summed E-state index contributed by atoms with van der Waals surface area (Å²) >= 11 is 0. The standard InChI is InChI=1S/C10H11F3N.C5H11N/c1-2-9(14)7-3-5-8(6-4-7)10(11,12)13;1-5-3-2-4-6-5/h3-6,9,14H,2H2,1H3;5-6H,2-4H2,1H3/q-1;/t9-;/m1./s1. The number of rotatable bonds is 2. The molecular formula is C15H22F3N2-. The lowest BCUT2D eigenvalue weighted by atomic mass is 10.0. The van der Waals surface area contributed by atoms with Gasteiger partial charge in [0, 0.05) is 6.04 Å². The van der Waals surface area contributed by atoms with Crippen LogP contribution in [0.5, 0.6) is 0 Å². The van der Waals surface area contributed by atoms with Gasteiger partial charge in [-0.05, 0) is 38.4 Å². The molecule has 2 nitrogen and oxygen atoms in total. The second-order valence-corrected chi connectivity index (χ2v) is 5.08. The smallest absolute Gasteiger partial charge is 0.416 e. The van der Waals surface area contributed by atoms with Crippen molar-refractivity contribution in [1.29, 1.82) is 0 Å². The van der Waals surface area contributed by atoms with Crippen LogP contribution in [0.4, 0.5) is 13.2 Å². The van der Waals surface area contributed by atoms with Crippen LogP contribution in [0.3, 0.4) is 0 Å². The van der Waals surface area contributed by atoms with Gasteiger partial charge in [-0.1, -0.05) is 31.0 Å². The maximum Gasteiger partial charge on any atom is 0.416 e. The van der Waals surface area contributed by atoms with E-state index in [-0.39, 0.29) is 0 Å². The first kappa shape index (κ1) is 17.0. The molecule has 0 aromatic heterocycles. The fourth-order valence-corrected chi connectivity index (χ4v) is 2.00. The van der Waals surface area contributed by atoms with Crippen LogP contribution in [0.15, 0.2) is 24.3 Å². The molecule has 2 rings (SSSR count). The van der Waals surface area contributed by atoms with Gasteiger partial charge in [0.2, 0.25) is 0 Å². The number of halogens is 3. The van der Waals surface area contributed by atoms with E-state index in [4.69, 9.17) is 5.73 Å². The van der Waals surface area contributed by atoms with Gasteiger partial charge in [0.1, 0.15) is 0 Å². The average molecular weight is 287 g/mol. The number of nitrogens with one attached hydrogen (secondary N) is 2. The van der Waals surface area contributed by atoms with Crippen molar-refractivity contribution in [2.45, 2.75) is 51.4 Å². The lowest BCUT2D eigenvalue weighted by molar-refractivity contribution is -0.137. The molecule has 0 radical (unpaired) electrons. The molecule has 0 amide bonds. The third-order valence-electron chi connectivity index (χ3n) is 3.36. The molecule has 0 bridgehead atoms. The van der Waals surface area contributed by atoms with Crippen LogP contribution in [0.2, 0.25) is 0 Å². The van der Waals surface area contributed by atoms with Gasteiger partial charge in [-0.3, -0.25) is 0 Å². The van der Waals surface area contributed by atoms with Gasteiger partial charge in [0.25, 0.3) is 0 Å². The van der Waals surface area contributed by atoms with E-state index in [1.54, 1.807) is 0 Å². The molecule has 1 aromatic rings. The summed E-state index contributed by atoms with van der Waals surface area (Å²) in [5, 5.41) is 3.32. The maximum absolute atomic E-state index is 12.2. The number of benzene rings is 1. The van der Waals surface area contributed by atoms with Crippen molar-refractivity contribution >= 4 is 0 Å². The van der Waals surface area contributed by atoms with Gasteiger partial charge in [-0.2, -0.15) is 13.2 Å². The number of alkyl halides is 3. The molecule has 5 heteroatoms. The highest BCUT2D eigenvalue weighted by atomic mass is 19.4. The summed E-state index contributed by atoms with van der Waals surface area (Å²) in [6, 6.07) is 5.13. The van der Waals surface area contributed by atoms with E-state index >= 15 is 0 Å². The summed E-state index contributed by atoms with van der Waals surface area (Å²) < 4.78 is 36.5. The van der Waals surface area contributed by atoms with Crippen molar-refractivity contribution in [3.63, 3.8) is 0 Å². The third kappa shape index (κ3) is 5.51. The molecule has 20 heavy (non-hydrogen) atoms. The van der Waals surface area contributed by atoms with Crippen molar-refractivity contribution < 1.29 is 13.2 Å². The molecule has 0 spiro atoms. The quantitative estimate of drug-likeness (QED) is 0.819. The van der Waals surface area contributed by atoms with Crippen molar-refractivity contribution in [3.8, 4) is 0 Å². The van der Waals surface area contributed by atoms with E-state index in [0.717, 1.165) is 18.2 Å². The zero-order valence-corrected chi connectivity index (χ0v) is 11.9. The van der Waals surface area contributed by atoms with Gasteiger partial charge < -0.3 is 11.1 Å². The van der Waals surface area contributed by atoms with E-state index in [0.29, 0.717) is 12.0 Å². The molecule has 1 fully saturated rings. The maximum atomic E-state index is 12.2. The first-order chi connectivity index (χ1) is 9.34. The van der Waals surface area contributed by atoms with Crippen LogP contribution in [-0.2, 0) is 6.18 Å². The van der Waals surface area contributed by atoms with Crippen LogP contribution in [0.25, 0.3) is 5.73 Å². The molecule has 2 atom stereocenters. The molecule has 1 saturated heterocycles. The Kier molecular flexibility index (Phi) is 6.49. The van der Waals surface area contributed by atoms with Crippen molar-refractivity contribution in [2.75, 3.05) is 6.54 Å². The van der Waals surface area contributed by atoms with Crippen LogP contribution >= 0.6 is 0 Å². The summed E-state index contributed by atoms with van der Waals surface area (Å²) in [6.45, 7) is 5.30. The van der Waals surface area contributed by atoms with E-state index in [2.05, 4.69) is 12.2 Å². The summed E-state index contributed by atoms with van der Waals surface area (Å²) in [4.78, 5) is 0. The number of hydrogen-bond acceptors (Lipinski definition) is 1. The molecule has 1 aliphatic rings. The summed E-state index contributed by atoms with van der Waals surface area (Å²) in [6.07, 6.45) is -0.936. The zero-order chi connectivity index (χ0) is 15.2. The molecule has 0 saturated carbocycles. The highest BCUT2D eigenvalue weighted by Crippen LogP contribution is 2.30. The average Bonchev–Trinajstić information content (AvgIpc) is 2.89. The second-order valence-electron chi connectivity index (χ2n) is 5.08. The second kappa shape index (κ2) is 7.64. The summed E-state index contributed by atoms with van der Waals surface area (Å²) in [5.41, 5.74) is 7.47. The Hall–Kier alpha value is -1.07. The lowest BCUT2D eigenvalue weighted by Gasteiger charge is -2.18. The van der Waals surface area contributed by atoms with Crippen LogP contribution < -0.4 is 5.32 Å².